The van der Waals surface area contributed by atoms with E-state index in [1.165, 1.54) is 0 Å². The zero-order valence-electron chi connectivity index (χ0n) is 14.2. The van der Waals surface area contributed by atoms with Gasteiger partial charge in [-0.1, -0.05) is 11.8 Å². The number of hydrogen-bond acceptors (Lipinski definition) is 6. The van der Waals surface area contributed by atoms with Gasteiger partial charge >= 0.3 is 12.1 Å². The van der Waals surface area contributed by atoms with Crippen molar-refractivity contribution in [3.63, 3.8) is 0 Å². The summed E-state index contributed by atoms with van der Waals surface area (Å²) in [5.41, 5.74) is -1.48. The van der Waals surface area contributed by atoms with Crippen molar-refractivity contribution in [2.75, 3.05) is 19.5 Å². The van der Waals surface area contributed by atoms with Gasteiger partial charge in [-0.3, -0.25) is 9.36 Å². The van der Waals surface area contributed by atoms with E-state index >= 15 is 0 Å². The number of rotatable bonds is 6. The number of hydrogen-bond donors (Lipinski definition) is 0. The molecule has 2 rings (SSSR count). The van der Waals surface area contributed by atoms with E-state index in [0.717, 1.165) is 34.7 Å². The molecule has 146 valence electrons. The van der Waals surface area contributed by atoms with E-state index in [-0.39, 0.29) is 17.5 Å². The Hall–Kier alpha value is -2.56. The second-order valence-corrected chi connectivity index (χ2v) is 5.81. The molecular weight excluding hydrogens is 392 g/mol. The van der Waals surface area contributed by atoms with Crippen LogP contribution >= 0.6 is 11.8 Å². The first-order chi connectivity index (χ1) is 12.7. The van der Waals surface area contributed by atoms with Crippen LogP contribution in [0.2, 0.25) is 0 Å². The molecule has 0 bridgehead atoms. The van der Waals surface area contributed by atoms with Crippen molar-refractivity contribution in [1.29, 1.82) is 0 Å². The normalized spacial score (nSPS) is 11.3. The van der Waals surface area contributed by atoms with Crippen LogP contribution in [0.1, 0.15) is 17.3 Å². The minimum atomic E-state index is -4.66. The van der Waals surface area contributed by atoms with Crippen LogP contribution in [0.5, 0.6) is 5.75 Å². The Morgan fingerprint density at radius 3 is 2.63 bits per heavy atom. The Labute approximate surface area is 155 Å². The third-order valence-electron chi connectivity index (χ3n) is 3.16. The highest BCUT2D eigenvalue weighted by molar-refractivity contribution is 7.98. The van der Waals surface area contributed by atoms with Gasteiger partial charge in [0.1, 0.15) is 17.1 Å². The van der Waals surface area contributed by atoms with Gasteiger partial charge in [-0.2, -0.15) is 13.2 Å². The van der Waals surface area contributed by atoms with Crippen LogP contribution in [0.4, 0.5) is 17.6 Å². The summed E-state index contributed by atoms with van der Waals surface area (Å²) in [6.45, 7) is -0.125. The van der Waals surface area contributed by atoms with Gasteiger partial charge in [0.2, 0.25) is 0 Å². The largest absolute Gasteiger partial charge is 0.482 e. The number of thioether (sulfide) groups is 1. The van der Waals surface area contributed by atoms with Crippen LogP contribution < -0.4 is 10.3 Å². The molecule has 0 saturated heterocycles. The lowest BCUT2D eigenvalue weighted by molar-refractivity contribution is -0.153. The number of nitrogens with zero attached hydrogens (tertiary/aromatic N) is 2. The molecule has 11 heteroatoms. The summed E-state index contributed by atoms with van der Waals surface area (Å²) in [5.74, 6) is -2.31. The molecule has 0 atom stereocenters. The summed E-state index contributed by atoms with van der Waals surface area (Å²) in [4.78, 5) is 28.6. The zero-order chi connectivity index (χ0) is 20.2. The topological polar surface area (TPSA) is 70.4 Å². The van der Waals surface area contributed by atoms with Crippen LogP contribution in [-0.2, 0) is 4.74 Å². The Morgan fingerprint density at radius 2 is 2.04 bits per heavy atom. The molecule has 2 aromatic rings. The van der Waals surface area contributed by atoms with Crippen LogP contribution in [0.3, 0.4) is 0 Å². The average molecular weight is 406 g/mol. The average Bonchev–Trinajstić information content (AvgIpc) is 2.59. The molecule has 0 N–H and O–H groups in total. The summed E-state index contributed by atoms with van der Waals surface area (Å²) in [7, 11) is 0. The van der Waals surface area contributed by atoms with Crippen LogP contribution in [0.15, 0.2) is 34.3 Å². The number of ether oxygens (including phenoxy) is 2. The number of alkyl halides is 3. The van der Waals surface area contributed by atoms with Crippen molar-refractivity contribution < 1.29 is 31.8 Å². The fraction of sp³-hybridized carbons (Fsp3) is 0.312. The maximum Gasteiger partial charge on any atom is 0.422 e. The van der Waals surface area contributed by atoms with E-state index in [9.17, 15) is 27.2 Å². The molecule has 0 spiro atoms. The van der Waals surface area contributed by atoms with E-state index < -0.39 is 41.4 Å². The molecule has 6 nitrogen and oxygen atoms in total. The Balaban J connectivity index is 2.64. The minimum absolute atomic E-state index is 0.0129. The highest BCUT2D eigenvalue weighted by Gasteiger charge is 2.29. The quantitative estimate of drug-likeness (QED) is 0.318. The molecule has 0 saturated carbocycles. The first kappa shape index (κ1) is 20.7. The highest BCUT2D eigenvalue weighted by Crippen LogP contribution is 2.28. The van der Waals surface area contributed by atoms with Gasteiger partial charge in [-0.25, -0.2) is 14.2 Å². The van der Waals surface area contributed by atoms with Crippen molar-refractivity contribution in [3.05, 3.63) is 46.1 Å². The van der Waals surface area contributed by atoms with Gasteiger partial charge in [-0.05, 0) is 25.3 Å². The molecule has 27 heavy (non-hydrogen) atoms. The molecule has 0 amide bonds. The van der Waals surface area contributed by atoms with Crippen molar-refractivity contribution in [1.82, 2.24) is 9.55 Å². The molecular formula is C16H14F4N2O4S. The van der Waals surface area contributed by atoms with Gasteiger partial charge in [0.05, 0.1) is 18.5 Å². The van der Waals surface area contributed by atoms with Crippen LogP contribution in [0.25, 0.3) is 5.69 Å². The third kappa shape index (κ3) is 5.00. The number of carbonyl (C=O) groups is 1. The fourth-order valence-electron chi connectivity index (χ4n) is 2.09. The Kier molecular flexibility index (Phi) is 6.47. The SMILES string of the molecule is CCOC(=O)c1cnc(SC)n(-c2ccc(F)cc2OCC(F)(F)F)c1=O. The Bertz CT molecular complexity index is 899. The lowest BCUT2D eigenvalue weighted by atomic mass is 10.2. The molecule has 1 aromatic heterocycles. The lowest BCUT2D eigenvalue weighted by Gasteiger charge is -2.17. The number of aromatic nitrogens is 2. The zero-order valence-corrected chi connectivity index (χ0v) is 15.0. The molecule has 0 aliphatic carbocycles. The van der Waals surface area contributed by atoms with E-state index in [0.29, 0.717) is 6.07 Å². The van der Waals surface area contributed by atoms with E-state index in [1.807, 2.05) is 0 Å². The Morgan fingerprint density at radius 1 is 1.33 bits per heavy atom. The maximum absolute atomic E-state index is 13.5. The van der Waals surface area contributed by atoms with Crippen molar-refractivity contribution in [2.45, 2.75) is 18.3 Å². The summed E-state index contributed by atoms with van der Waals surface area (Å²) >= 11 is 1.00. The van der Waals surface area contributed by atoms with Crippen LogP contribution in [0, 0.1) is 5.82 Å². The predicted octanol–water partition coefficient (Wildman–Crippen LogP) is 3.21. The second-order valence-electron chi connectivity index (χ2n) is 5.04. The lowest BCUT2D eigenvalue weighted by Crippen LogP contribution is -2.29. The van der Waals surface area contributed by atoms with Crippen molar-refractivity contribution in [2.24, 2.45) is 0 Å². The van der Waals surface area contributed by atoms with Crippen molar-refractivity contribution >= 4 is 17.7 Å². The smallest absolute Gasteiger partial charge is 0.422 e. The first-order valence-corrected chi connectivity index (χ1v) is 8.73. The minimum Gasteiger partial charge on any atom is -0.482 e. The highest BCUT2D eigenvalue weighted by atomic mass is 32.2. The van der Waals surface area contributed by atoms with Gasteiger partial charge in [0.15, 0.2) is 11.8 Å². The monoisotopic (exact) mass is 406 g/mol. The molecule has 0 fully saturated rings. The molecule has 0 radical (unpaired) electrons. The predicted molar refractivity (Wildman–Crippen MR) is 89.1 cm³/mol. The number of esters is 1. The molecule has 0 unspecified atom stereocenters. The molecule has 1 heterocycles. The summed E-state index contributed by atoms with van der Waals surface area (Å²) in [6, 6.07) is 2.73. The number of benzene rings is 1. The van der Waals surface area contributed by atoms with E-state index in [2.05, 4.69) is 9.72 Å². The van der Waals surface area contributed by atoms with Crippen molar-refractivity contribution in [3.8, 4) is 11.4 Å². The first-order valence-electron chi connectivity index (χ1n) is 7.50. The van der Waals surface area contributed by atoms with Gasteiger partial charge < -0.3 is 9.47 Å². The fourth-order valence-corrected chi connectivity index (χ4v) is 2.62. The number of halogens is 4. The van der Waals surface area contributed by atoms with Gasteiger partial charge in [-0.15, -0.1) is 0 Å². The third-order valence-corrected chi connectivity index (χ3v) is 3.81. The summed E-state index contributed by atoms with van der Waals surface area (Å²) < 4.78 is 61.3. The molecule has 0 aliphatic heterocycles. The van der Waals surface area contributed by atoms with E-state index in [4.69, 9.17) is 4.74 Å². The van der Waals surface area contributed by atoms with Gasteiger partial charge in [0.25, 0.3) is 5.56 Å². The van der Waals surface area contributed by atoms with Gasteiger partial charge in [0, 0.05) is 6.07 Å². The summed E-state index contributed by atoms with van der Waals surface area (Å²) in [5, 5.41) is 0.0662. The van der Waals surface area contributed by atoms with Crippen LogP contribution in [-0.4, -0.2) is 41.2 Å². The van der Waals surface area contributed by atoms with E-state index in [1.54, 1.807) is 13.2 Å². The standard InChI is InChI=1S/C16H14F4N2O4S/c1-3-25-14(24)10-7-21-15(27-2)22(13(10)23)11-5-4-9(17)6-12(11)26-8-16(18,19)20/h4-7H,3,8H2,1-2H3. The summed E-state index contributed by atoms with van der Waals surface area (Å²) in [6.07, 6.45) is -2.08. The molecule has 0 aliphatic rings. The second kappa shape index (κ2) is 8.42. The number of carbonyl (C=O) groups excluding carboxylic acids is 1. The molecule has 1 aromatic carbocycles. The maximum atomic E-state index is 13.5.